The number of rotatable bonds is 3. The van der Waals surface area contributed by atoms with Gasteiger partial charge in [-0.2, -0.15) is 13.2 Å². The Kier molecular flexibility index (Phi) is 3.96. The fourth-order valence-electron chi connectivity index (χ4n) is 1.88. The van der Waals surface area contributed by atoms with Gasteiger partial charge in [-0.15, -0.1) is 0 Å². The van der Waals surface area contributed by atoms with Crippen molar-refractivity contribution in [2.75, 3.05) is 7.05 Å². The molecule has 3 nitrogen and oxygen atoms in total. The van der Waals surface area contributed by atoms with Gasteiger partial charge in [-0.05, 0) is 35.1 Å². The van der Waals surface area contributed by atoms with Crippen LogP contribution in [-0.2, 0) is 6.18 Å². The van der Waals surface area contributed by atoms with Crippen LogP contribution in [0.5, 0.6) is 0 Å². The topological polar surface area (TPSA) is 38.1 Å². The molecule has 0 saturated carbocycles. The van der Waals surface area contributed by atoms with Gasteiger partial charge in [-0.1, -0.05) is 0 Å². The van der Waals surface area contributed by atoms with Crippen LogP contribution in [-0.4, -0.2) is 12.0 Å². The number of nitrogens with one attached hydrogen (secondary N) is 1. The molecule has 0 aliphatic carbocycles. The maximum atomic E-state index is 13.0. The Balaban J connectivity index is 2.54. The standard InChI is InChI=1S/C12H10BrF3N2O/c1-17-10(7-3-5-19-11(7)13)8-6-18-4-2-9(8)12(14,15)16/h2-6,10,17H,1H3. The number of furan rings is 1. The molecule has 0 aromatic carbocycles. The minimum Gasteiger partial charge on any atom is -0.457 e. The van der Waals surface area contributed by atoms with E-state index in [4.69, 9.17) is 4.42 Å². The average molecular weight is 335 g/mol. The summed E-state index contributed by atoms with van der Waals surface area (Å²) in [5.74, 6) is 0. The molecule has 0 amide bonds. The fourth-order valence-corrected chi connectivity index (χ4v) is 2.35. The van der Waals surface area contributed by atoms with E-state index < -0.39 is 17.8 Å². The highest BCUT2D eigenvalue weighted by molar-refractivity contribution is 9.10. The number of hydrogen-bond donors (Lipinski definition) is 1. The average Bonchev–Trinajstić information content (AvgIpc) is 2.76. The Morgan fingerprint density at radius 1 is 1.32 bits per heavy atom. The molecule has 0 radical (unpaired) electrons. The highest BCUT2D eigenvalue weighted by atomic mass is 79.9. The Bertz CT molecular complexity index is 568. The van der Waals surface area contributed by atoms with Crippen LogP contribution in [0.1, 0.15) is 22.7 Å². The van der Waals surface area contributed by atoms with E-state index in [0.29, 0.717) is 10.2 Å². The van der Waals surface area contributed by atoms with Gasteiger partial charge in [0.2, 0.25) is 0 Å². The van der Waals surface area contributed by atoms with Gasteiger partial charge in [-0.3, -0.25) is 4.98 Å². The number of hydrogen-bond acceptors (Lipinski definition) is 3. The zero-order chi connectivity index (χ0) is 14.0. The maximum absolute atomic E-state index is 13.0. The van der Waals surface area contributed by atoms with E-state index in [1.54, 1.807) is 13.1 Å². The van der Waals surface area contributed by atoms with Crippen molar-refractivity contribution in [3.8, 4) is 0 Å². The number of nitrogens with zero attached hydrogens (tertiary/aromatic N) is 1. The third-order valence-electron chi connectivity index (χ3n) is 2.71. The van der Waals surface area contributed by atoms with E-state index in [1.807, 2.05) is 0 Å². The van der Waals surface area contributed by atoms with Crippen LogP contribution >= 0.6 is 15.9 Å². The van der Waals surface area contributed by atoms with Crippen molar-refractivity contribution in [2.45, 2.75) is 12.2 Å². The van der Waals surface area contributed by atoms with Crippen molar-refractivity contribution < 1.29 is 17.6 Å². The van der Waals surface area contributed by atoms with Crippen molar-refractivity contribution in [1.82, 2.24) is 10.3 Å². The van der Waals surface area contributed by atoms with Gasteiger partial charge in [-0.25, -0.2) is 0 Å². The first kappa shape index (κ1) is 14.1. The molecule has 102 valence electrons. The molecule has 1 atom stereocenters. The largest absolute Gasteiger partial charge is 0.457 e. The summed E-state index contributed by atoms with van der Waals surface area (Å²) in [6.07, 6.45) is -0.677. The van der Waals surface area contributed by atoms with Crippen molar-refractivity contribution in [1.29, 1.82) is 0 Å². The second-order valence-electron chi connectivity index (χ2n) is 3.83. The van der Waals surface area contributed by atoms with Crippen LogP contribution in [0.2, 0.25) is 0 Å². The summed E-state index contributed by atoms with van der Waals surface area (Å²) in [6, 6.07) is 1.92. The SMILES string of the molecule is CNC(c1cnccc1C(F)(F)F)c1ccoc1Br. The summed E-state index contributed by atoms with van der Waals surface area (Å²) >= 11 is 3.17. The predicted molar refractivity (Wildman–Crippen MR) is 66.5 cm³/mol. The van der Waals surface area contributed by atoms with Gasteiger partial charge in [0.15, 0.2) is 4.67 Å². The highest BCUT2D eigenvalue weighted by Gasteiger charge is 2.36. The summed E-state index contributed by atoms with van der Waals surface area (Å²) in [4.78, 5) is 3.78. The van der Waals surface area contributed by atoms with Crippen molar-refractivity contribution >= 4 is 15.9 Å². The van der Waals surface area contributed by atoms with Crippen LogP contribution in [0.4, 0.5) is 13.2 Å². The lowest BCUT2D eigenvalue weighted by molar-refractivity contribution is -0.138. The first-order chi connectivity index (χ1) is 8.95. The molecule has 7 heteroatoms. The lowest BCUT2D eigenvalue weighted by Gasteiger charge is -2.20. The smallest absolute Gasteiger partial charge is 0.416 e. The molecule has 0 bridgehead atoms. The molecule has 0 aliphatic rings. The van der Waals surface area contributed by atoms with Gasteiger partial charge >= 0.3 is 6.18 Å². The monoisotopic (exact) mass is 334 g/mol. The molecule has 0 saturated heterocycles. The highest BCUT2D eigenvalue weighted by Crippen LogP contribution is 2.37. The lowest BCUT2D eigenvalue weighted by Crippen LogP contribution is -2.22. The summed E-state index contributed by atoms with van der Waals surface area (Å²) in [7, 11) is 1.58. The van der Waals surface area contributed by atoms with Crippen LogP contribution < -0.4 is 5.32 Å². The van der Waals surface area contributed by atoms with E-state index in [0.717, 1.165) is 12.3 Å². The summed E-state index contributed by atoms with van der Waals surface area (Å²) in [5, 5.41) is 2.84. The molecule has 1 N–H and O–H groups in total. The molecule has 0 fully saturated rings. The molecule has 0 spiro atoms. The summed E-state index contributed by atoms with van der Waals surface area (Å²) < 4.78 is 44.5. The third kappa shape index (κ3) is 2.82. The van der Waals surface area contributed by atoms with E-state index in [9.17, 15) is 13.2 Å². The molecule has 19 heavy (non-hydrogen) atoms. The molecule has 1 unspecified atom stereocenters. The zero-order valence-corrected chi connectivity index (χ0v) is 11.4. The summed E-state index contributed by atoms with van der Waals surface area (Å²) in [5.41, 5.74) is -0.0736. The van der Waals surface area contributed by atoms with Crippen LogP contribution in [0.25, 0.3) is 0 Å². The van der Waals surface area contributed by atoms with Crippen LogP contribution in [0.3, 0.4) is 0 Å². The quantitative estimate of drug-likeness (QED) is 0.928. The van der Waals surface area contributed by atoms with Crippen molar-refractivity contribution in [2.24, 2.45) is 0 Å². The number of aromatic nitrogens is 1. The predicted octanol–water partition coefficient (Wildman–Crippen LogP) is 3.76. The van der Waals surface area contributed by atoms with Crippen molar-refractivity contribution in [3.63, 3.8) is 0 Å². The number of pyridine rings is 1. The lowest BCUT2D eigenvalue weighted by atomic mass is 9.98. The molecule has 2 rings (SSSR count). The Morgan fingerprint density at radius 3 is 2.58 bits per heavy atom. The van der Waals surface area contributed by atoms with Crippen LogP contribution in [0.15, 0.2) is 39.9 Å². The van der Waals surface area contributed by atoms with E-state index in [1.165, 1.54) is 12.5 Å². The van der Waals surface area contributed by atoms with Gasteiger partial charge in [0.1, 0.15) is 0 Å². The van der Waals surface area contributed by atoms with Gasteiger partial charge in [0, 0.05) is 23.5 Å². The van der Waals surface area contributed by atoms with Gasteiger partial charge < -0.3 is 9.73 Å². The second-order valence-corrected chi connectivity index (χ2v) is 4.55. The molecular weight excluding hydrogens is 325 g/mol. The molecule has 2 aromatic heterocycles. The van der Waals surface area contributed by atoms with E-state index in [-0.39, 0.29) is 5.56 Å². The normalized spacial score (nSPS) is 13.5. The van der Waals surface area contributed by atoms with Gasteiger partial charge in [0.05, 0.1) is 17.9 Å². The Labute approximate surface area is 116 Å². The molecule has 0 aliphatic heterocycles. The maximum Gasteiger partial charge on any atom is 0.416 e. The molecule has 2 aromatic rings. The minimum atomic E-state index is -4.43. The summed E-state index contributed by atoms with van der Waals surface area (Å²) in [6.45, 7) is 0. The zero-order valence-electron chi connectivity index (χ0n) is 9.83. The van der Waals surface area contributed by atoms with E-state index in [2.05, 4.69) is 26.2 Å². The number of alkyl halides is 3. The number of halogens is 4. The molecular formula is C12H10BrF3N2O. The van der Waals surface area contributed by atoms with Crippen molar-refractivity contribution in [3.05, 3.63) is 52.1 Å². The first-order valence-electron chi connectivity index (χ1n) is 5.36. The first-order valence-corrected chi connectivity index (χ1v) is 6.15. The fraction of sp³-hybridized carbons (Fsp3) is 0.250. The Morgan fingerprint density at radius 2 is 2.05 bits per heavy atom. The van der Waals surface area contributed by atoms with Gasteiger partial charge in [0.25, 0.3) is 0 Å². The van der Waals surface area contributed by atoms with E-state index >= 15 is 0 Å². The molecule has 2 heterocycles. The second kappa shape index (κ2) is 5.34. The van der Waals surface area contributed by atoms with Crippen LogP contribution in [0, 0.1) is 0 Å². The minimum absolute atomic E-state index is 0.0552. The Hall–Kier alpha value is -1.34. The third-order valence-corrected chi connectivity index (χ3v) is 3.36.